The van der Waals surface area contributed by atoms with Crippen LogP contribution >= 0.6 is 0 Å². The molecule has 6 heteroatoms. The highest BCUT2D eigenvalue weighted by Crippen LogP contribution is 2.55. The summed E-state index contributed by atoms with van der Waals surface area (Å²) >= 11 is 0. The molecule has 176 valence electrons. The number of imide groups is 1. The highest BCUT2D eigenvalue weighted by atomic mass is 16.3. The smallest absolute Gasteiger partial charge is 0.233 e. The van der Waals surface area contributed by atoms with E-state index < -0.39 is 17.8 Å². The number of phenolic OH excluding ortho intramolecular Hbond substituents is 1. The number of carbonyl (C=O) groups excluding carboxylic acids is 4. The van der Waals surface area contributed by atoms with Crippen molar-refractivity contribution < 1.29 is 24.3 Å². The number of allylic oxidation sites excluding steroid dienone is 6. The van der Waals surface area contributed by atoms with Gasteiger partial charge in [-0.2, -0.15) is 0 Å². The molecule has 0 radical (unpaired) electrons. The summed E-state index contributed by atoms with van der Waals surface area (Å²) in [4.78, 5) is 54.4. The second-order valence-corrected chi connectivity index (χ2v) is 10.1. The molecular weight excluding hydrogens is 430 g/mol. The summed E-state index contributed by atoms with van der Waals surface area (Å²) in [6.45, 7) is 7.63. The van der Waals surface area contributed by atoms with Crippen molar-refractivity contribution >= 4 is 23.4 Å². The zero-order valence-corrected chi connectivity index (χ0v) is 20.0. The van der Waals surface area contributed by atoms with Crippen LogP contribution in [0.25, 0.3) is 0 Å². The zero-order chi connectivity index (χ0) is 24.5. The van der Waals surface area contributed by atoms with E-state index in [-0.39, 0.29) is 35.0 Å². The van der Waals surface area contributed by atoms with Gasteiger partial charge >= 0.3 is 0 Å². The number of benzene rings is 1. The first-order chi connectivity index (χ1) is 16.1. The molecule has 1 aromatic rings. The van der Waals surface area contributed by atoms with Gasteiger partial charge in [-0.3, -0.25) is 24.1 Å². The summed E-state index contributed by atoms with van der Waals surface area (Å²) in [6, 6.07) is 3.73. The average molecular weight is 460 g/mol. The largest absolute Gasteiger partial charge is 0.507 e. The number of phenols is 1. The van der Waals surface area contributed by atoms with Crippen LogP contribution in [-0.4, -0.2) is 39.9 Å². The fourth-order valence-corrected chi connectivity index (χ4v) is 6.41. The molecule has 1 fully saturated rings. The van der Waals surface area contributed by atoms with Crippen molar-refractivity contribution in [3.05, 3.63) is 63.3 Å². The van der Waals surface area contributed by atoms with Crippen LogP contribution in [0.4, 0.5) is 0 Å². The molecule has 0 bridgehead atoms. The maximum atomic E-state index is 13.4. The molecule has 4 aliphatic rings. The number of aryl methyl sites for hydroxylation is 2. The van der Waals surface area contributed by atoms with Gasteiger partial charge in [-0.15, -0.1) is 0 Å². The summed E-state index contributed by atoms with van der Waals surface area (Å²) in [5.74, 6) is -2.11. The van der Waals surface area contributed by atoms with Crippen molar-refractivity contribution in [2.45, 2.75) is 52.9 Å². The highest BCUT2D eigenvalue weighted by Gasteiger charge is 2.56. The number of rotatable bonds is 3. The molecule has 0 spiro atoms. The lowest BCUT2D eigenvalue weighted by Crippen LogP contribution is -2.39. The van der Waals surface area contributed by atoms with Gasteiger partial charge in [-0.25, -0.2) is 0 Å². The third-order valence-electron chi connectivity index (χ3n) is 7.95. The Morgan fingerprint density at radius 1 is 1.00 bits per heavy atom. The first-order valence-corrected chi connectivity index (χ1v) is 12.0. The second kappa shape index (κ2) is 7.90. The Balaban J connectivity index is 1.70. The fraction of sp³-hybridized carbons (Fsp3) is 0.429. The molecule has 1 N–H and O–H groups in total. The monoisotopic (exact) mass is 459 g/mol. The highest BCUT2D eigenvalue weighted by molar-refractivity contribution is 6.23. The first-order valence-electron chi connectivity index (χ1n) is 12.0. The van der Waals surface area contributed by atoms with E-state index in [0.717, 1.165) is 11.1 Å². The summed E-state index contributed by atoms with van der Waals surface area (Å²) in [5.41, 5.74) is 4.51. The average Bonchev–Trinajstić information content (AvgIpc) is 3.04. The molecule has 1 heterocycles. The van der Waals surface area contributed by atoms with Crippen LogP contribution < -0.4 is 0 Å². The molecule has 4 atom stereocenters. The Morgan fingerprint density at radius 2 is 1.68 bits per heavy atom. The van der Waals surface area contributed by atoms with Gasteiger partial charge in [0.25, 0.3) is 0 Å². The van der Waals surface area contributed by atoms with Gasteiger partial charge in [0, 0.05) is 29.2 Å². The molecule has 34 heavy (non-hydrogen) atoms. The quantitative estimate of drug-likeness (QED) is 0.421. The van der Waals surface area contributed by atoms with Crippen molar-refractivity contribution in [1.82, 2.24) is 4.90 Å². The van der Waals surface area contributed by atoms with E-state index >= 15 is 0 Å². The van der Waals surface area contributed by atoms with Crippen molar-refractivity contribution in [2.24, 2.45) is 17.8 Å². The molecule has 1 aromatic carbocycles. The summed E-state index contributed by atoms with van der Waals surface area (Å²) in [7, 11) is 0. The maximum absolute atomic E-state index is 13.4. The second-order valence-electron chi connectivity index (χ2n) is 10.1. The normalized spacial score (nSPS) is 28.5. The number of Topliss-reactive ketones (excluding diaryl/α,β-unsaturated/α-hetero) is 1. The van der Waals surface area contributed by atoms with Crippen LogP contribution in [0.3, 0.4) is 0 Å². The van der Waals surface area contributed by atoms with Gasteiger partial charge in [0.15, 0.2) is 11.6 Å². The van der Waals surface area contributed by atoms with Gasteiger partial charge in [0.2, 0.25) is 11.8 Å². The molecule has 4 unspecified atom stereocenters. The number of hydrogen-bond acceptors (Lipinski definition) is 5. The lowest BCUT2D eigenvalue weighted by molar-refractivity contribution is -0.140. The molecule has 1 saturated heterocycles. The van der Waals surface area contributed by atoms with E-state index in [1.54, 1.807) is 6.92 Å². The van der Waals surface area contributed by atoms with Crippen molar-refractivity contribution in [2.75, 3.05) is 6.54 Å². The third-order valence-corrected chi connectivity index (χ3v) is 7.95. The molecule has 2 amide bonds. The van der Waals surface area contributed by atoms with Crippen LogP contribution in [0.2, 0.25) is 0 Å². The van der Waals surface area contributed by atoms with E-state index in [2.05, 4.69) is 0 Å². The number of amides is 2. The van der Waals surface area contributed by atoms with Crippen LogP contribution in [0, 0.1) is 31.6 Å². The molecule has 0 saturated carbocycles. The number of likely N-dealkylation sites (tertiary alicyclic amines) is 1. The predicted octanol–water partition coefficient (Wildman–Crippen LogP) is 3.85. The van der Waals surface area contributed by atoms with Gasteiger partial charge in [0.05, 0.1) is 11.8 Å². The minimum atomic E-state index is -0.509. The molecule has 0 aromatic heterocycles. The summed E-state index contributed by atoms with van der Waals surface area (Å²) < 4.78 is 0. The lowest BCUT2D eigenvalue weighted by atomic mass is 9.59. The Kier molecular flexibility index (Phi) is 5.23. The van der Waals surface area contributed by atoms with E-state index in [9.17, 15) is 24.3 Å². The third kappa shape index (κ3) is 3.07. The van der Waals surface area contributed by atoms with Crippen LogP contribution in [0.5, 0.6) is 5.75 Å². The molecule has 3 aliphatic carbocycles. The topological polar surface area (TPSA) is 91.8 Å². The Labute approximate surface area is 199 Å². The molecular formula is C28H29NO5. The maximum Gasteiger partial charge on any atom is 0.233 e. The predicted molar refractivity (Wildman–Crippen MR) is 126 cm³/mol. The SMILES string of the molecule is CCCN1C(=O)C2CC=C3C(c4cc(C)c(O)c(C)c4)C4=C(CC3C2C1=O)C(=O)C=C(C)C4=O. The molecule has 1 aliphatic heterocycles. The van der Waals surface area contributed by atoms with Crippen LogP contribution in [0.15, 0.2) is 46.6 Å². The minimum absolute atomic E-state index is 0.124. The Hall–Kier alpha value is -3.28. The number of nitrogens with zero attached hydrogens (tertiary/aromatic N) is 1. The fourth-order valence-electron chi connectivity index (χ4n) is 6.41. The standard InChI is InChI=1S/C28H29NO5/c1-5-8-29-27(33)18-7-6-17-19(23(18)28(29)34)12-20-21(30)11-15(4)26(32)24(20)22(17)16-9-13(2)25(31)14(3)10-16/h6,9-11,18-19,22-23,31H,5,7-8,12H2,1-4H3. The summed E-state index contributed by atoms with van der Waals surface area (Å²) in [5, 5.41) is 10.4. The van der Waals surface area contributed by atoms with E-state index in [1.165, 1.54) is 11.0 Å². The van der Waals surface area contributed by atoms with Gasteiger partial charge in [-0.05, 0) is 68.7 Å². The van der Waals surface area contributed by atoms with Crippen molar-refractivity contribution in [3.63, 3.8) is 0 Å². The van der Waals surface area contributed by atoms with Gasteiger partial charge in [-0.1, -0.05) is 30.7 Å². The number of ketones is 2. The summed E-state index contributed by atoms with van der Waals surface area (Å²) in [6.07, 6.45) is 4.87. The number of fused-ring (bicyclic) bond motifs is 3. The zero-order valence-electron chi connectivity index (χ0n) is 20.0. The Bertz CT molecular complexity index is 1240. The van der Waals surface area contributed by atoms with Crippen LogP contribution in [0.1, 0.15) is 55.7 Å². The number of carbonyl (C=O) groups is 4. The van der Waals surface area contributed by atoms with Crippen molar-refractivity contribution in [3.8, 4) is 5.75 Å². The minimum Gasteiger partial charge on any atom is -0.507 e. The van der Waals surface area contributed by atoms with Crippen LogP contribution in [-0.2, 0) is 19.2 Å². The first kappa shape index (κ1) is 22.5. The van der Waals surface area contributed by atoms with Crippen molar-refractivity contribution in [1.29, 1.82) is 0 Å². The van der Waals surface area contributed by atoms with Gasteiger partial charge in [0.1, 0.15) is 5.75 Å². The van der Waals surface area contributed by atoms with E-state index in [4.69, 9.17) is 0 Å². The number of aromatic hydroxyl groups is 1. The Morgan fingerprint density at radius 3 is 2.32 bits per heavy atom. The van der Waals surface area contributed by atoms with E-state index in [1.807, 2.05) is 39.0 Å². The molecule has 5 rings (SSSR count). The number of hydrogen-bond donors (Lipinski definition) is 1. The van der Waals surface area contributed by atoms with Gasteiger partial charge < -0.3 is 5.11 Å². The van der Waals surface area contributed by atoms with E-state index in [0.29, 0.717) is 53.7 Å². The molecule has 6 nitrogen and oxygen atoms in total. The lowest BCUT2D eigenvalue weighted by Gasteiger charge is -2.42.